The quantitative estimate of drug-likeness (QED) is 0.136. The van der Waals surface area contributed by atoms with E-state index in [4.69, 9.17) is 0 Å². The topological polar surface area (TPSA) is 39.1 Å². The van der Waals surface area contributed by atoms with Crippen LogP contribution in [0.25, 0.3) is 90.8 Å². The third kappa shape index (κ3) is 6.90. The van der Waals surface area contributed by atoms with Gasteiger partial charge >= 0.3 is 0 Å². The first kappa shape index (κ1) is 38.7. The predicted molar refractivity (Wildman–Crippen MR) is 273 cm³/mol. The van der Waals surface area contributed by atoms with Gasteiger partial charge in [0, 0.05) is 58.2 Å². The van der Waals surface area contributed by atoms with Crippen LogP contribution in [0.5, 0.6) is 0 Å². The van der Waals surface area contributed by atoms with Crippen LogP contribution in [-0.4, -0.2) is 16.1 Å². The Kier molecular flexibility index (Phi) is 9.52. The smallest absolute Gasteiger partial charge is 0.193 e. The third-order valence-electron chi connectivity index (χ3n) is 12.4. The van der Waals surface area contributed by atoms with Crippen molar-refractivity contribution in [2.24, 2.45) is 0 Å². The Morgan fingerprint density at radius 2 is 0.738 bits per heavy atom. The first-order valence-electron chi connectivity index (χ1n) is 21.6. The SMILES string of the molecule is O=C(c1ccccc1)c1cc(C(=O)c2ccccc2)cc(-n2c3cc(-c4ccc(-c5cccc6ccccc56)s4)ccc3c3ccc(-c4ccc(-c5cccc6ccccc56)s4)cc32)c1. The number of carbonyl (C=O) groups excluding carboxylic acids is 2. The Bertz CT molecular complexity index is 3560. The molecule has 12 aromatic rings. The maximum Gasteiger partial charge on any atom is 0.193 e. The van der Waals surface area contributed by atoms with Crippen molar-refractivity contribution in [2.45, 2.75) is 0 Å². The molecule has 0 fully saturated rings. The number of rotatable bonds is 9. The largest absolute Gasteiger partial charge is 0.309 e. The Hall–Kier alpha value is -7.96. The first-order valence-corrected chi connectivity index (χ1v) is 23.3. The minimum atomic E-state index is -0.143. The van der Waals surface area contributed by atoms with Crippen LogP contribution in [0.15, 0.2) is 224 Å². The van der Waals surface area contributed by atoms with E-state index in [0.29, 0.717) is 22.3 Å². The summed E-state index contributed by atoms with van der Waals surface area (Å²) in [6.45, 7) is 0. The number of fused-ring (bicyclic) bond motifs is 5. The van der Waals surface area contributed by atoms with Crippen LogP contribution in [0.1, 0.15) is 31.8 Å². The molecule has 5 heteroatoms. The Balaban J connectivity index is 1.06. The van der Waals surface area contributed by atoms with Gasteiger partial charge in [0.15, 0.2) is 11.6 Å². The molecule has 0 aliphatic rings. The van der Waals surface area contributed by atoms with E-state index >= 15 is 0 Å². The summed E-state index contributed by atoms with van der Waals surface area (Å²) < 4.78 is 2.25. The van der Waals surface area contributed by atoms with Crippen LogP contribution in [0, 0.1) is 0 Å². The molecule has 0 saturated carbocycles. The lowest BCUT2D eigenvalue weighted by Crippen LogP contribution is -2.08. The highest BCUT2D eigenvalue weighted by Crippen LogP contribution is 2.43. The molecule has 0 unspecified atom stereocenters. The summed E-state index contributed by atoms with van der Waals surface area (Å²) in [6.07, 6.45) is 0. The van der Waals surface area contributed by atoms with Gasteiger partial charge in [0.1, 0.15) is 0 Å². The van der Waals surface area contributed by atoms with Crippen molar-refractivity contribution in [3.63, 3.8) is 0 Å². The highest BCUT2D eigenvalue weighted by Gasteiger charge is 2.21. The van der Waals surface area contributed by atoms with E-state index in [1.165, 1.54) is 42.4 Å². The van der Waals surface area contributed by atoms with Crippen molar-refractivity contribution in [3.05, 3.63) is 247 Å². The van der Waals surface area contributed by atoms with Gasteiger partial charge in [-0.05, 0) is 98.4 Å². The molecule has 0 amide bonds. The van der Waals surface area contributed by atoms with E-state index in [2.05, 4.69) is 150 Å². The summed E-state index contributed by atoms with van der Waals surface area (Å²) >= 11 is 3.57. The molecular weight excluding hydrogens is 831 g/mol. The van der Waals surface area contributed by atoms with Gasteiger partial charge in [-0.1, -0.05) is 170 Å². The van der Waals surface area contributed by atoms with E-state index in [1.807, 2.05) is 72.8 Å². The average molecular weight is 868 g/mol. The molecule has 0 atom stereocenters. The molecule has 0 aliphatic carbocycles. The number of hydrogen-bond acceptors (Lipinski definition) is 4. The Morgan fingerprint density at radius 1 is 0.323 bits per heavy atom. The zero-order valence-electron chi connectivity index (χ0n) is 34.9. The summed E-state index contributed by atoms with van der Waals surface area (Å²) in [5, 5.41) is 7.07. The molecule has 0 N–H and O–H groups in total. The van der Waals surface area contributed by atoms with Crippen LogP contribution in [0.4, 0.5) is 0 Å². The van der Waals surface area contributed by atoms with Gasteiger partial charge in [-0.25, -0.2) is 0 Å². The molecule has 9 aromatic carbocycles. The van der Waals surface area contributed by atoms with Gasteiger partial charge in [0.05, 0.1) is 11.0 Å². The number of aromatic nitrogens is 1. The second-order valence-corrected chi connectivity index (χ2v) is 18.5. The van der Waals surface area contributed by atoms with Gasteiger partial charge in [0.25, 0.3) is 0 Å². The summed E-state index contributed by atoms with van der Waals surface area (Å²) in [5.41, 5.74) is 9.36. The summed E-state index contributed by atoms with van der Waals surface area (Å²) in [7, 11) is 0. The van der Waals surface area contributed by atoms with Crippen molar-refractivity contribution in [1.82, 2.24) is 4.57 Å². The van der Waals surface area contributed by atoms with E-state index in [1.54, 1.807) is 28.7 Å². The molecule has 0 radical (unpaired) electrons. The summed E-state index contributed by atoms with van der Waals surface area (Å²) in [4.78, 5) is 33.5. The van der Waals surface area contributed by atoms with Crippen molar-refractivity contribution in [1.29, 1.82) is 0 Å². The van der Waals surface area contributed by atoms with Gasteiger partial charge in [-0.15, -0.1) is 22.7 Å². The standard InChI is InChI=1S/C60H37NO2S2/c62-59(40-15-3-1-4-16-40)44-33-45(60(63)41-17-5-2-6-18-41)35-46(34-44)61-53-36-42(55-29-31-57(64-55)51-23-11-19-38-13-7-9-21-47(38)51)25-27-49(53)50-28-26-43(37-54(50)61)56-30-32-58(65-56)52-24-12-20-39-14-8-10-22-48(39)52/h1-37H. The number of hydrogen-bond donors (Lipinski definition) is 0. The molecule has 0 saturated heterocycles. The van der Waals surface area contributed by atoms with E-state index in [0.717, 1.165) is 48.4 Å². The zero-order chi connectivity index (χ0) is 43.4. The molecule has 3 nitrogen and oxygen atoms in total. The van der Waals surface area contributed by atoms with Gasteiger partial charge in [0.2, 0.25) is 0 Å². The normalized spacial score (nSPS) is 11.5. The molecule has 306 valence electrons. The molecule has 0 bridgehead atoms. The summed E-state index contributed by atoms with van der Waals surface area (Å²) in [6, 6.07) is 76.6. The van der Waals surface area contributed by atoms with Gasteiger partial charge in [-0.2, -0.15) is 0 Å². The average Bonchev–Trinajstić information content (AvgIpc) is 4.14. The fraction of sp³-hybridized carbons (Fsp3) is 0. The fourth-order valence-electron chi connectivity index (χ4n) is 9.27. The monoisotopic (exact) mass is 867 g/mol. The first-order chi connectivity index (χ1) is 32.0. The van der Waals surface area contributed by atoms with Crippen LogP contribution < -0.4 is 0 Å². The highest BCUT2D eigenvalue weighted by atomic mass is 32.1. The predicted octanol–water partition coefficient (Wildman–Crippen LogP) is 16.3. The lowest BCUT2D eigenvalue weighted by atomic mass is 9.96. The third-order valence-corrected chi connectivity index (χ3v) is 14.8. The number of ketones is 2. The van der Waals surface area contributed by atoms with Crippen molar-refractivity contribution in [3.8, 4) is 47.4 Å². The number of carbonyl (C=O) groups is 2. The molecule has 3 aromatic heterocycles. The van der Waals surface area contributed by atoms with Crippen LogP contribution in [0.2, 0.25) is 0 Å². The minimum Gasteiger partial charge on any atom is -0.309 e. The maximum absolute atomic E-state index is 14.4. The molecule has 0 spiro atoms. The molecule has 12 rings (SSSR count). The van der Waals surface area contributed by atoms with Crippen LogP contribution in [-0.2, 0) is 0 Å². The Labute approximate surface area is 383 Å². The second kappa shape index (κ2) is 16.0. The van der Waals surface area contributed by atoms with Gasteiger partial charge in [-0.3, -0.25) is 9.59 Å². The lowest BCUT2D eigenvalue weighted by Gasteiger charge is -2.14. The van der Waals surface area contributed by atoms with Crippen molar-refractivity contribution in [2.75, 3.05) is 0 Å². The van der Waals surface area contributed by atoms with Crippen molar-refractivity contribution < 1.29 is 9.59 Å². The maximum atomic E-state index is 14.4. The van der Waals surface area contributed by atoms with E-state index in [9.17, 15) is 9.59 Å². The minimum absolute atomic E-state index is 0.143. The lowest BCUT2D eigenvalue weighted by molar-refractivity contribution is 0.103. The van der Waals surface area contributed by atoms with E-state index < -0.39 is 0 Å². The number of thiophene rings is 2. The fourth-order valence-corrected chi connectivity index (χ4v) is 11.4. The Morgan fingerprint density at radius 3 is 1.22 bits per heavy atom. The highest BCUT2D eigenvalue weighted by molar-refractivity contribution is 7.19. The molecule has 3 heterocycles. The molecule has 65 heavy (non-hydrogen) atoms. The van der Waals surface area contributed by atoms with Gasteiger partial charge < -0.3 is 4.57 Å². The van der Waals surface area contributed by atoms with E-state index in [-0.39, 0.29) is 11.6 Å². The number of nitrogens with zero attached hydrogens (tertiary/aromatic N) is 1. The van der Waals surface area contributed by atoms with Crippen LogP contribution in [0.3, 0.4) is 0 Å². The zero-order valence-corrected chi connectivity index (χ0v) is 36.6. The van der Waals surface area contributed by atoms with Crippen LogP contribution >= 0.6 is 22.7 Å². The summed E-state index contributed by atoms with van der Waals surface area (Å²) in [5.74, 6) is -0.286. The second-order valence-electron chi connectivity index (χ2n) is 16.3. The van der Waals surface area contributed by atoms with Crippen molar-refractivity contribution >= 4 is 77.6 Å². The molecule has 0 aliphatic heterocycles. The molecular formula is C60H37NO2S2. The number of benzene rings is 9.